The van der Waals surface area contributed by atoms with Gasteiger partial charge in [-0.15, -0.1) is 11.8 Å². The summed E-state index contributed by atoms with van der Waals surface area (Å²) in [5, 5.41) is 0. The third-order valence-electron chi connectivity index (χ3n) is 2.29. The van der Waals surface area contributed by atoms with Gasteiger partial charge < -0.3 is 4.74 Å². The summed E-state index contributed by atoms with van der Waals surface area (Å²) in [6, 6.07) is 7.15. The van der Waals surface area contributed by atoms with Gasteiger partial charge in [0.2, 0.25) is 0 Å². The second-order valence-corrected chi connectivity index (χ2v) is 6.20. The molecule has 0 radical (unpaired) electrons. The SMILES string of the molecule is CC(C)(C)OC(=O)CSCc1ccccc1C(=O)NN. The fourth-order valence-corrected chi connectivity index (χ4v) is 2.36. The smallest absolute Gasteiger partial charge is 0.316 e. The van der Waals surface area contributed by atoms with Crippen LogP contribution in [0.4, 0.5) is 0 Å². The van der Waals surface area contributed by atoms with E-state index in [1.165, 1.54) is 11.8 Å². The predicted molar refractivity (Wildman–Crippen MR) is 80.1 cm³/mol. The fourth-order valence-electron chi connectivity index (χ4n) is 1.56. The van der Waals surface area contributed by atoms with E-state index in [1.807, 2.05) is 32.9 Å². The number of hydrogen-bond donors (Lipinski definition) is 2. The number of nitrogen functional groups attached to an aromatic ring is 1. The van der Waals surface area contributed by atoms with E-state index < -0.39 is 5.60 Å². The van der Waals surface area contributed by atoms with Crippen molar-refractivity contribution < 1.29 is 14.3 Å². The Morgan fingerprint density at radius 2 is 1.95 bits per heavy atom. The number of hydrogen-bond acceptors (Lipinski definition) is 5. The van der Waals surface area contributed by atoms with Crippen molar-refractivity contribution in [3.05, 3.63) is 35.4 Å². The Kier molecular flexibility index (Phi) is 6.04. The summed E-state index contributed by atoms with van der Waals surface area (Å²) >= 11 is 1.40. The molecule has 0 aliphatic carbocycles. The molecule has 1 rings (SSSR count). The van der Waals surface area contributed by atoms with Gasteiger partial charge in [0.05, 0.1) is 5.75 Å². The van der Waals surface area contributed by atoms with Crippen LogP contribution in [0.5, 0.6) is 0 Å². The molecule has 20 heavy (non-hydrogen) atoms. The second-order valence-electron chi connectivity index (χ2n) is 5.21. The number of benzene rings is 1. The monoisotopic (exact) mass is 296 g/mol. The summed E-state index contributed by atoms with van der Waals surface area (Å²) in [7, 11) is 0. The van der Waals surface area contributed by atoms with Gasteiger partial charge in [0.1, 0.15) is 5.60 Å². The Morgan fingerprint density at radius 3 is 2.55 bits per heavy atom. The standard InChI is InChI=1S/C14H20N2O3S/c1-14(2,3)19-12(17)9-20-8-10-6-4-5-7-11(10)13(18)16-15/h4-7H,8-9,15H2,1-3H3,(H,16,18). The molecule has 0 fully saturated rings. The van der Waals surface area contributed by atoms with Crippen molar-refractivity contribution in [3.8, 4) is 0 Å². The molecule has 1 aromatic rings. The number of esters is 1. The van der Waals surface area contributed by atoms with Gasteiger partial charge >= 0.3 is 5.97 Å². The minimum atomic E-state index is -0.477. The maximum absolute atomic E-state index is 11.6. The van der Waals surface area contributed by atoms with E-state index in [9.17, 15) is 9.59 Å². The van der Waals surface area contributed by atoms with Crippen molar-refractivity contribution in [2.75, 3.05) is 5.75 Å². The normalized spacial score (nSPS) is 11.0. The largest absolute Gasteiger partial charge is 0.459 e. The van der Waals surface area contributed by atoms with Crippen LogP contribution in [0, 0.1) is 0 Å². The third kappa shape index (κ3) is 5.63. The van der Waals surface area contributed by atoms with Gasteiger partial charge in [0.15, 0.2) is 0 Å². The topological polar surface area (TPSA) is 81.4 Å². The minimum Gasteiger partial charge on any atom is -0.459 e. The van der Waals surface area contributed by atoms with Crippen LogP contribution in [0.3, 0.4) is 0 Å². The van der Waals surface area contributed by atoms with Crippen molar-refractivity contribution in [1.82, 2.24) is 5.43 Å². The molecule has 0 aliphatic heterocycles. The third-order valence-corrected chi connectivity index (χ3v) is 3.25. The number of nitrogens with two attached hydrogens (primary N) is 1. The first kappa shape index (κ1) is 16.5. The van der Waals surface area contributed by atoms with Crippen LogP contribution in [0.2, 0.25) is 0 Å². The first-order valence-corrected chi connectivity index (χ1v) is 7.37. The first-order valence-electron chi connectivity index (χ1n) is 6.22. The Bertz CT molecular complexity index is 484. The first-order chi connectivity index (χ1) is 9.33. The lowest BCUT2D eigenvalue weighted by atomic mass is 10.1. The van der Waals surface area contributed by atoms with Crippen LogP contribution >= 0.6 is 11.8 Å². The van der Waals surface area contributed by atoms with Gasteiger partial charge in [-0.05, 0) is 32.4 Å². The van der Waals surface area contributed by atoms with E-state index in [4.69, 9.17) is 10.6 Å². The number of rotatable bonds is 5. The molecule has 0 aliphatic rings. The summed E-state index contributed by atoms with van der Waals surface area (Å²) in [5.41, 5.74) is 2.99. The van der Waals surface area contributed by atoms with Gasteiger partial charge in [-0.1, -0.05) is 18.2 Å². The molecule has 0 unspecified atom stereocenters. The highest BCUT2D eigenvalue weighted by Gasteiger charge is 2.16. The molecule has 0 spiro atoms. The van der Waals surface area contributed by atoms with Crippen LogP contribution in [0.1, 0.15) is 36.7 Å². The average molecular weight is 296 g/mol. The van der Waals surface area contributed by atoms with E-state index in [1.54, 1.807) is 12.1 Å². The Balaban J connectivity index is 2.54. The average Bonchev–Trinajstić information content (AvgIpc) is 2.36. The van der Waals surface area contributed by atoms with Crippen molar-refractivity contribution in [2.45, 2.75) is 32.1 Å². The molecule has 1 aromatic carbocycles. The number of carbonyl (C=O) groups excluding carboxylic acids is 2. The molecule has 0 saturated heterocycles. The fraction of sp³-hybridized carbons (Fsp3) is 0.429. The van der Waals surface area contributed by atoms with Crippen LogP contribution < -0.4 is 11.3 Å². The predicted octanol–water partition coefficient (Wildman–Crippen LogP) is 1.86. The number of hydrazine groups is 1. The Labute approximate surface area is 123 Å². The molecule has 0 aromatic heterocycles. The highest BCUT2D eigenvalue weighted by atomic mass is 32.2. The van der Waals surface area contributed by atoms with Crippen molar-refractivity contribution >= 4 is 23.6 Å². The van der Waals surface area contributed by atoms with Crippen molar-refractivity contribution in [1.29, 1.82) is 0 Å². The molecular formula is C14H20N2O3S. The zero-order valence-corrected chi connectivity index (χ0v) is 12.8. The molecular weight excluding hydrogens is 276 g/mol. The minimum absolute atomic E-state index is 0.246. The second kappa shape index (κ2) is 7.31. The van der Waals surface area contributed by atoms with Gasteiger partial charge in [-0.3, -0.25) is 15.0 Å². The van der Waals surface area contributed by atoms with E-state index in [0.717, 1.165) is 5.56 Å². The number of amides is 1. The Hall–Kier alpha value is -1.53. The van der Waals surface area contributed by atoms with E-state index in [0.29, 0.717) is 11.3 Å². The van der Waals surface area contributed by atoms with E-state index in [-0.39, 0.29) is 17.6 Å². The Morgan fingerprint density at radius 1 is 1.30 bits per heavy atom. The maximum atomic E-state index is 11.6. The van der Waals surface area contributed by atoms with Crippen LogP contribution in [-0.4, -0.2) is 23.2 Å². The number of carbonyl (C=O) groups is 2. The quantitative estimate of drug-likeness (QED) is 0.375. The van der Waals surface area contributed by atoms with E-state index in [2.05, 4.69) is 5.43 Å². The lowest BCUT2D eigenvalue weighted by Gasteiger charge is -2.19. The molecule has 0 saturated carbocycles. The molecule has 1 amide bonds. The summed E-state index contributed by atoms with van der Waals surface area (Å²) in [4.78, 5) is 23.2. The molecule has 0 heterocycles. The lowest BCUT2D eigenvalue weighted by molar-refractivity contribution is -0.151. The number of ether oxygens (including phenoxy) is 1. The van der Waals surface area contributed by atoms with Crippen LogP contribution in [0.25, 0.3) is 0 Å². The molecule has 5 nitrogen and oxygen atoms in total. The molecule has 6 heteroatoms. The van der Waals surface area contributed by atoms with Gasteiger partial charge in [0, 0.05) is 11.3 Å². The lowest BCUT2D eigenvalue weighted by Crippen LogP contribution is -2.30. The van der Waals surface area contributed by atoms with Crippen LogP contribution in [0.15, 0.2) is 24.3 Å². The van der Waals surface area contributed by atoms with Gasteiger partial charge in [0.25, 0.3) is 5.91 Å². The summed E-state index contributed by atoms with van der Waals surface area (Å²) in [6.07, 6.45) is 0. The summed E-state index contributed by atoms with van der Waals surface area (Å²) in [5.74, 6) is 5.33. The molecule has 0 atom stereocenters. The van der Waals surface area contributed by atoms with Crippen molar-refractivity contribution in [2.24, 2.45) is 5.84 Å². The van der Waals surface area contributed by atoms with Crippen LogP contribution in [-0.2, 0) is 15.3 Å². The summed E-state index contributed by atoms with van der Waals surface area (Å²) < 4.78 is 5.22. The highest BCUT2D eigenvalue weighted by molar-refractivity contribution is 7.99. The maximum Gasteiger partial charge on any atom is 0.316 e. The van der Waals surface area contributed by atoms with Gasteiger partial charge in [-0.25, -0.2) is 5.84 Å². The zero-order chi connectivity index (χ0) is 15.2. The molecule has 0 bridgehead atoms. The highest BCUT2D eigenvalue weighted by Crippen LogP contribution is 2.18. The number of nitrogens with one attached hydrogen (secondary N) is 1. The molecule has 110 valence electrons. The van der Waals surface area contributed by atoms with E-state index >= 15 is 0 Å². The van der Waals surface area contributed by atoms with Crippen molar-refractivity contribution in [3.63, 3.8) is 0 Å². The number of thioether (sulfide) groups is 1. The summed E-state index contributed by atoms with van der Waals surface area (Å²) in [6.45, 7) is 5.49. The molecule has 3 N–H and O–H groups in total. The van der Waals surface area contributed by atoms with Gasteiger partial charge in [-0.2, -0.15) is 0 Å². The zero-order valence-electron chi connectivity index (χ0n) is 11.9.